The standard InChI is InChI=1S/C15H19ClN4O/c1-9-12(14(17)20-15(18)19-9)5-3-2-4-10-6-7-11(21)8-13(10)16/h6-8,21H,2-5H2,1H3,(H4,17,18,19,20). The molecule has 0 aliphatic rings. The number of rotatable bonds is 5. The number of halogens is 1. The fourth-order valence-electron chi connectivity index (χ4n) is 2.31. The number of hydrogen-bond acceptors (Lipinski definition) is 5. The van der Waals surface area contributed by atoms with Crippen molar-refractivity contribution in [3.63, 3.8) is 0 Å². The Kier molecular flexibility index (Phi) is 4.85. The third-order valence-electron chi connectivity index (χ3n) is 3.42. The lowest BCUT2D eigenvalue weighted by molar-refractivity contribution is 0.475. The number of aromatic hydroxyl groups is 1. The third kappa shape index (κ3) is 3.98. The molecule has 21 heavy (non-hydrogen) atoms. The SMILES string of the molecule is Cc1nc(N)nc(N)c1CCCCc1ccc(O)cc1Cl. The summed E-state index contributed by atoms with van der Waals surface area (Å²) in [5.41, 5.74) is 14.3. The van der Waals surface area contributed by atoms with Crippen LogP contribution >= 0.6 is 11.6 Å². The van der Waals surface area contributed by atoms with Gasteiger partial charge in [0, 0.05) is 16.3 Å². The highest BCUT2D eigenvalue weighted by Gasteiger charge is 2.08. The summed E-state index contributed by atoms with van der Waals surface area (Å²) in [6.45, 7) is 1.89. The number of nitrogen functional groups attached to an aromatic ring is 2. The Labute approximate surface area is 129 Å². The zero-order valence-electron chi connectivity index (χ0n) is 11.9. The number of benzene rings is 1. The van der Waals surface area contributed by atoms with E-state index >= 15 is 0 Å². The van der Waals surface area contributed by atoms with Crippen LogP contribution in [0, 0.1) is 6.92 Å². The third-order valence-corrected chi connectivity index (χ3v) is 3.77. The van der Waals surface area contributed by atoms with E-state index < -0.39 is 0 Å². The topological polar surface area (TPSA) is 98.0 Å². The van der Waals surface area contributed by atoms with Crippen molar-refractivity contribution in [1.82, 2.24) is 9.97 Å². The molecule has 2 aromatic rings. The summed E-state index contributed by atoms with van der Waals surface area (Å²) in [7, 11) is 0. The monoisotopic (exact) mass is 306 g/mol. The van der Waals surface area contributed by atoms with E-state index in [0.29, 0.717) is 10.8 Å². The first-order chi connectivity index (χ1) is 9.97. The predicted octanol–water partition coefficient (Wildman–Crippen LogP) is 2.87. The summed E-state index contributed by atoms with van der Waals surface area (Å²) >= 11 is 6.08. The lowest BCUT2D eigenvalue weighted by Crippen LogP contribution is -2.07. The Morgan fingerprint density at radius 2 is 1.86 bits per heavy atom. The zero-order chi connectivity index (χ0) is 15.4. The van der Waals surface area contributed by atoms with Gasteiger partial charge in [0.25, 0.3) is 0 Å². The van der Waals surface area contributed by atoms with Gasteiger partial charge in [-0.1, -0.05) is 17.7 Å². The van der Waals surface area contributed by atoms with Crippen molar-refractivity contribution in [2.75, 3.05) is 11.5 Å². The fourth-order valence-corrected chi connectivity index (χ4v) is 2.57. The minimum atomic E-state index is 0.186. The van der Waals surface area contributed by atoms with Gasteiger partial charge in [0.05, 0.1) is 0 Å². The molecule has 0 saturated carbocycles. The van der Waals surface area contributed by atoms with Gasteiger partial charge in [0.15, 0.2) is 0 Å². The maximum atomic E-state index is 9.32. The number of aromatic nitrogens is 2. The van der Waals surface area contributed by atoms with Gasteiger partial charge >= 0.3 is 0 Å². The summed E-state index contributed by atoms with van der Waals surface area (Å²) in [5, 5.41) is 9.92. The maximum absolute atomic E-state index is 9.32. The molecule has 0 aliphatic heterocycles. The molecule has 1 heterocycles. The van der Waals surface area contributed by atoms with Crippen molar-refractivity contribution in [2.45, 2.75) is 32.6 Å². The fraction of sp³-hybridized carbons (Fsp3) is 0.333. The number of anilines is 2. The first-order valence-electron chi connectivity index (χ1n) is 6.83. The Bertz CT molecular complexity index is 623. The molecule has 2 rings (SSSR count). The summed E-state index contributed by atoms with van der Waals surface area (Å²) in [6, 6.07) is 5.06. The van der Waals surface area contributed by atoms with Crippen LogP contribution in [0.15, 0.2) is 18.2 Å². The van der Waals surface area contributed by atoms with E-state index in [1.165, 1.54) is 0 Å². The van der Waals surface area contributed by atoms with E-state index in [-0.39, 0.29) is 11.7 Å². The largest absolute Gasteiger partial charge is 0.508 e. The van der Waals surface area contributed by atoms with Gasteiger partial charge in [-0.3, -0.25) is 0 Å². The molecule has 6 heteroatoms. The van der Waals surface area contributed by atoms with E-state index in [1.54, 1.807) is 12.1 Å². The number of nitrogens with two attached hydrogens (primary N) is 2. The van der Waals surface area contributed by atoms with Gasteiger partial charge in [0.2, 0.25) is 5.95 Å². The Balaban J connectivity index is 1.90. The minimum absolute atomic E-state index is 0.186. The molecule has 0 saturated heterocycles. The molecular formula is C15H19ClN4O. The van der Waals surface area contributed by atoms with Crippen LogP contribution in [0.2, 0.25) is 5.02 Å². The second-order valence-corrected chi connectivity index (χ2v) is 5.42. The highest BCUT2D eigenvalue weighted by atomic mass is 35.5. The first kappa shape index (κ1) is 15.4. The molecule has 112 valence electrons. The Morgan fingerprint density at radius 1 is 1.14 bits per heavy atom. The van der Waals surface area contributed by atoms with E-state index in [2.05, 4.69) is 9.97 Å². The molecule has 1 aromatic carbocycles. The van der Waals surface area contributed by atoms with Crippen LogP contribution in [0.1, 0.15) is 29.7 Å². The van der Waals surface area contributed by atoms with Crippen molar-refractivity contribution in [3.05, 3.63) is 40.0 Å². The molecule has 5 nitrogen and oxygen atoms in total. The second kappa shape index (κ2) is 6.63. The zero-order valence-corrected chi connectivity index (χ0v) is 12.7. The highest BCUT2D eigenvalue weighted by molar-refractivity contribution is 6.31. The number of nitrogens with zero attached hydrogens (tertiary/aromatic N) is 2. The first-order valence-corrected chi connectivity index (χ1v) is 7.21. The second-order valence-electron chi connectivity index (χ2n) is 5.01. The quantitative estimate of drug-likeness (QED) is 0.738. The van der Waals surface area contributed by atoms with Crippen LogP contribution in [0.3, 0.4) is 0 Å². The summed E-state index contributed by atoms with van der Waals surface area (Å²) in [4.78, 5) is 8.12. The van der Waals surface area contributed by atoms with Crippen LogP contribution in [0.4, 0.5) is 11.8 Å². The molecule has 0 aliphatic carbocycles. The summed E-state index contributed by atoms with van der Waals surface area (Å²) in [5.74, 6) is 0.860. The number of aryl methyl sites for hydroxylation is 2. The van der Waals surface area contributed by atoms with Gasteiger partial charge < -0.3 is 16.6 Å². The van der Waals surface area contributed by atoms with Crippen molar-refractivity contribution in [3.8, 4) is 5.75 Å². The minimum Gasteiger partial charge on any atom is -0.508 e. The number of phenolic OH excluding ortho intramolecular Hbond substituents is 1. The lowest BCUT2D eigenvalue weighted by atomic mass is 10.0. The van der Waals surface area contributed by atoms with Crippen molar-refractivity contribution in [2.24, 2.45) is 0 Å². The molecule has 5 N–H and O–H groups in total. The van der Waals surface area contributed by atoms with E-state index in [0.717, 1.165) is 42.5 Å². The van der Waals surface area contributed by atoms with E-state index in [4.69, 9.17) is 23.1 Å². The number of phenols is 1. The molecule has 0 fully saturated rings. The molecule has 0 spiro atoms. The van der Waals surface area contributed by atoms with Crippen LogP contribution < -0.4 is 11.5 Å². The van der Waals surface area contributed by atoms with Crippen LogP contribution in [0.5, 0.6) is 5.75 Å². The normalized spacial score (nSPS) is 10.8. The van der Waals surface area contributed by atoms with E-state index in [1.807, 2.05) is 13.0 Å². The Morgan fingerprint density at radius 3 is 2.52 bits per heavy atom. The molecule has 0 bridgehead atoms. The van der Waals surface area contributed by atoms with Crippen LogP contribution in [0.25, 0.3) is 0 Å². The van der Waals surface area contributed by atoms with Crippen molar-refractivity contribution < 1.29 is 5.11 Å². The maximum Gasteiger partial charge on any atom is 0.222 e. The molecular weight excluding hydrogens is 288 g/mol. The van der Waals surface area contributed by atoms with Gasteiger partial charge in [0.1, 0.15) is 11.6 Å². The number of unbranched alkanes of at least 4 members (excludes halogenated alkanes) is 1. The summed E-state index contributed by atoms with van der Waals surface area (Å²) < 4.78 is 0. The molecule has 0 amide bonds. The molecule has 0 unspecified atom stereocenters. The van der Waals surface area contributed by atoms with Gasteiger partial charge in [-0.2, -0.15) is 4.98 Å². The molecule has 0 atom stereocenters. The van der Waals surface area contributed by atoms with Gasteiger partial charge in [-0.05, 0) is 50.3 Å². The molecule has 1 aromatic heterocycles. The van der Waals surface area contributed by atoms with Crippen molar-refractivity contribution >= 4 is 23.4 Å². The lowest BCUT2D eigenvalue weighted by Gasteiger charge is -2.09. The van der Waals surface area contributed by atoms with Crippen LogP contribution in [-0.2, 0) is 12.8 Å². The predicted molar refractivity (Wildman–Crippen MR) is 85.4 cm³/mol. The smallest absolute Gasteiger partial charge is 0.222 e. The van der Waals surface area contributed by atoms with Gasteiger partial charge in [-0.15, -0.1) is 0 Å². The van der Waals surface area contributed by atoms with Crippen LogP contribution in [-0.4, -0.2) is 15.1 Å². The number of hydrogen-bond donors (Lipinski definition) is 3. The average Bonchev–Trinajstić information content (AvgIpc) is 2.38. The Hall–Kier alpha value is -2.01. The highest BCUT2D eigenvalue weighted by Crippen LogP contribution is 2.24. The molecule has 0 radical (unpaired) electrons. The average molecular weight is 307 g/mol. The van der Waals surface area contributed by atoms with Crippen molar-refractivity contribution in [1.29, 1.82) is 0 Å². The van der Waals surface area contributed by atoms with Gasteiger partial charge in [-0.25, -0.2) is 4.98 Å². The van der Waals surface area contributed by atoms with E-state index in [9.17, 15) is 5.11 Å². The summed E-state index contributed by atoms with van der Waals surface area (Å²) in [6.07, 6.45) is 3.59.